The van der Waals surface area contributed by atoms with E-state index in [4.69, 9.17) is 4.74 Å². The molecule has 1 aromatic rings. The van der Waals surface area contributed by atoms with Gasteiger partial charge in [-0.3, -0.25) is 9.59 Å². The number of hydrogen-bond acceptors (Lipinski definition) is 6. The number of β-amino-alcohol motifs (C(OH)–C–C–N with tert-alkyl or cyclic N) is 1. The molecule has 1 amide bonds. The van der Waals surface area contributed by atoms with Gasteiger partial charge in [0.1, 0.15) is 6.04 Å². The third-order valence-electron chi connectivity index (χ3n) is 4.22. The minimum Gasteiger partial charge on any atom is -0.454 e. The lowest BCUT2D eigenvalue weighted by atomic mass is 10.1. The first kappa shape index (κ1) is 19.4. The first-order valence-electron chi connectivity index (χ1n) is 7.81. The molecule has 2 unspecified atom stereocenters. The zero-order chi connectivity index (χ0) is 18.8. The summed E-state index contributed by atoms with van der Waals surface area (Å²) >= 11 is 0. The summed E-state index contributed by atoms with van der Waals surface area (Å²) in [5, 5.41) is 12.2. The summed E-state index contributed by atoms with van der Waals surface area (Å²) in [5.41, 5.74) is 1.75. The minimum absolute atomic E-state index is 0.0498. The van der Waals surface area contributed by atoms with Gasteiger partial charge in [-0.25, -0.2) is 8.42 Å². The number of rotatable bonds is 5. The van der Waals surface area contributed by atoms with E-state index in [-0.39, 0.29) is 17.9 Å². The number of esters is 1. The van der Waals surface area contributed by atoms with Crippen LogP contribution in [0.2, 0.25) is 0 Å². The Morgan fingerprint density at radius 1 is 1.32 bits per heavy atom. The van der Waals surface area contributed by atoms with Crippen molar-refractivity contribution in [1.29, 1.82) is 0 Å². The summed E-state index contributed by atoms with van der Waals surface area (Å²) in [7, 11) is -2.58. The third-order valence-corrected chi connectivity index (χ3v) is 6.09. The number of carbonyl (C=O) groups excluding carboxylic acids is 2. The summed E-state index contributed by atoms with van der Waals surface area (Å²) in [6.07, 6.45) is -1.05. The van der Waals surface area contributed by atoms with Crippen LogP contribution < -0.4 is 5.32 Å². The standard InChI is InChI=1S/C16H22N2O6S/c1-10-4-5-13(6-11(10)2)25(22,23)18-8-12(19)7-14(18)16(21)24-9-15(20)17-3/h4-6,12,14,19H,7-9H2,1-3H3,(H,17,20). The number of aryl methyl sites for hydroxylation is 2. The average Bonchev–Trinajstić information content (AvgIpc) is 2.97. The second-order valence-electron chi connectivity index (χ2n) is 6.01. The van der Waals surface area contributed by atoms with Crippen LogP contribution in [-0.2, 0) is 24.3 Å². The van der Waals surface area contributed by atoms with Gasteiger partial charge in [-0.1, -0.05) is 6.07 Å². The van der Waals surface area contributed by atoms with Gasteiger partial charge in [0.25, 0.3) is 5.91 Å². The molecule has 0 saturated carbocycles. The zero-order valence-electron chi connectivity index (χ0n) is 14.4. The van der Waals surface area contributed by atoms with Gasteiger partial charge in [0.05, 0.1) is 11.0 Å². The summed E-state index contributed by atoms with van der Waals surface area (Å²) in [6, 6.07) is 3.52. The predicted molar refractivity (Wildman–Crippen MR) is 89.2 cm³/mol. The van der Waals surface area contributed by atoms with E-state index in [1.807, 2.05) is 6.92 Å². The van der Waals surface area contributed by atoms with Crippen molar-refractivity contribution < 1.29 is 27.9 Å². The summed E-state index contributed by atoms with van der Waals surface area (Å²) in [6.45, 7) is 2.96. The normalized spacial score (nSPS) is 21.1. The maximum atomic E-state index is 12.9. The van der Waals surface area contributed by atoms with Crippen LogP contribution in [0.1, 0.15) is 17.5 Å². The molecule has 1 aliphatic rings. The van der Waals surface area contributed by atoms with Crippen molar-refractivity contribution in [3.05, 3.63) is 29.3 Å². The first-order chi connectivity index (χ1) is 11.7. The van der Waals surface area contributed by atoms with Gasteiger partial charge in [-0.2, -0.15) is 4.31 Å². The number of likely N-dealkylation sites (N-methyl/N-ethyl adjacent to an activating group) is 1. The molecule has 2 atom stereocenters. The Hall–Kier alpha value is -1.97. The molecule has 1 aromatic carbocycles. The number of benzene rings is 1. The molecule has 8 nitrogen and oxygen atoms in total. The topological polar surface area (TPSA) is 113 Å². The van der Waals surface area contributed by atoms with Crippen molar-refractivity contribution in [2.24, 2.45) is 0 Å². The number of sulfonamides is 1. The number of nitrogens with one attached hydrogen (secondary N) is 1. The van der Waals surface area contributed by atoms with Crippen molar-refractivity contribution in [1.82, 2.24) is 9.62 Å². The fourth-order valence-corrected chi connectivity index (χ4v) is 4.29. The van der Waals surface area contributed by atoms with Gasteiger partial charge in [0.2, 0.25) is 10.0 Å². The van der Waals surface area contributed by atoms with Crippen molar-refractivity contribution in [2.75, 3.05) is 20.2 Å². The summed E-state index contributed by atoms with van der Waals surface area (Å²) in [4.78, 5) is 23.4. The first-order valence-corrected chi connectivity index (χ1v) is 9.25. The molecule has 0 bridgehead atoms. The molecule has 2 N–H and O–H groups in total. The Labute approximate surface area is 146 Å². The van der Waals surface area contributed by atoms with E-state index in [9.17, 15) is 23.1 Å². The van der Waals surface area contributed by atoms with Crippen molar-refractivity contribution in [2.45, 2.75) is 37.3 Å². The van der Waals surface area contributed by atoms with Crippen LogP contribution >= 0.6 is 0 Å². The molecular formula is C16H22N2O6S. The predicted octanol–water partition coefficient (Wildman–Crippen LogP) is -0.283. The molecule has 0 spiro atoms. The second kappa shape index (κ2) is 7.51. The summed E-state index contributed by atoms with van der Waals surface area (Å²) in [5.74, 6) is -1.36. The molecule has 25 heavy (non-hydrogen) atoms. The average molecular weight is 370 g/mol. The number of hydrogen-bond donors (Lipinski definition) is 2. The zero-order valence-corrected chi connectivity index (χ0v) is 15.2. The Morgan fingerprint density at radius 3 is 2.60 bits per heavy atom. The van der Waals surface area contributed by atoms with Crippen LogP contribution in [0.15, 0.2) is 23.1 Å². The largest absolute Gasteiger partial charge is 0.454 e. The molecule has 1 aliphatic heterocycles. The quantitative estimate of drug-likeness (QED) is 0.689. The number of aliphatic hydroxyl groups is 1. The van der Waals surface area contributed by atoms with Gasteiger partial charge in [-0.15, -0.1) is 0 Å². The molecule has 138 valence electrons. The smallest absolute Gasteiger partial charge is 0.325 e. The molecule has 0 radical (unpaired) electrons. The van der Waals surface area contributed by atoms with Gasteiger partial charge >= 0.3 is 5.97 Å². The summed E-state index contributed by atoms with van der Waals surface area (Å²) < 4.78 is 31.6. The van der Waals surface area contributed by atoms with Crippen LogP contribution in [0.3, 0.4) is 0 Å². The van der Waals surface area contributed by atoms with Crippen molar-refractivity contribution >= 4 is 21.9 Å². The van der Waals surface area contributed by atoms with E-state index in [1.165, 1.54) is 19.2 Å². The maximum absolute atomic E-state index is 12.9. The highest BCUT2D eigenvalue weighted by Gasteiger charge is 2.44. The third kappa shape index (κ3) is 4.17. The maximum Gasteiger partial charge on any atom is 0.325 e. The highest BCUT2D eigenvalue weighted by Crippen LogP contribution is 2.28. The van der Waals surface area contributed by atoms with E-state index in [1.54, 1.807) is 13.0 Å². The van der Waals surface area contributed by atoms with Crippen LogP contribution in [0.5, 0.6) is 0 Å². The van der Waals surface area contributed by atoms with Crippen molar-refractivity contribution in [3.8, 4) is 0 Å². The fourth-order valence-electron chi connectivity index (χ4n) is 2.58. The number of aliphatic hydroxyl groups excluding tert-OH is 1. The fraction of sp³-hybridized carbons (Fsp3) is 0.500. The van der Waals surface area contributed by atoms with Gasteiger partial charge in [0, 0.05) is 20.0 Å². The Kier molecular flexibility index (Phi) is 5.81. The van der Waals surface area contributed by atoms with E-state index in [2.05, 4.69) is 5.32 Å². The lowest BCUT2D eigenvalue weighted by Gasteiger charge is -2.22. The van der Waals surface area contributed by atoms with Gasteiger partial charge < -0.3 is 15.2 Å². The number of nitrogens with zero attached hydrogens (tertiary/aromatic N) is 1. The molecular weight excluding hydrogens is 348 g/mol. The molecule has 2 rings (SSSR count). The molecule has 9 heteroatoms. The lowest BCUT2D eigenvalue weighted by molar-refractivity contribution is -0.151. The highest BCUT2D eigenvalue weighted by atomic mass is 32.2. The SMILES string of the molecule is CNC(=O)COC(=O)C1CC(O)CN1S(=O)(=O)c1ccc(C)c(C)c1. The number of amides is 1. The Morgan fingerprint density at radius 2 is 2.00 bits per heavy atom. The van der Waals surface area contributed by atoms with E-state index in [0.29, 0.717) is 0 Å². The molecule has 1 saturated heterocycles. The monoisotopic (exact) mass is 370 g/mol. The molecule has 1 fully saturated rings. The molecule has 0 aliphatic carbocycles. The Balaban J connectivity index is 2.26. The molecule has 0 aromatic heterocycles. The van der Waals surface area contributed by atoms with E-state index in [0.717, 1.165) is 15.4 Å². The van der Waals surface area contributed by atoms with Gasteiger partial charge in [-0.05, 0) is 37.1 Å². The second-order valence-corrected chi connectivity index (χ2v) is 7.90. The van der Waals surface area contributed by atoms with Gasteiger partial charge in [0.15, 0.2) is 6.61 Å². The van der Waals surface area contributed by atoms with Crippen molar-refractivity contribution in [3.63, 3.8) is 0 Å². The Bertz CT molecular complexity index is 777. The van der Waals surface area contributed by atoms with E-state index >= 15 is 0 Å². The minimum atomic E-state index is -3.98. The van der Waals surface area contributed by atoms with E-state index < -0.39 is 40.7 Å². The van der Waals surface area contributed by atoms with Crippen LogP contribution in [0.25, 0.3) is 0 Å². The highest BCUT2D eigenvalue weighted by molar-refractivity contribution is 7.89. The molecule has 1 heterocycles. The number of ether oxygens (including phenoxy) is 1. The van der Waals surface area contributed by atoms with Crippen LogP contribution in [-0.4, -0.2) is 62.1 Å². The lowest BCUT2D eigenvalue weighted by Crippen LogP contribution is -2.42. The van der Waals surface area contributed by atoms with Crippen LogP contribution in [0, 0.1) is 13.8 Å². The van der Waals surface area contributed by atoms with Crippen LogP contribution in [0.4, 0.5) is 0 Å². The number of carbonyl (C=O) groups is 2.